The lowest BCUT2D eigenvalue weighted by atomic mass is 10.2. The Morgan fingerprint density at radius 1 is 1.28 bits per heavy atom. The van der Waals surface area contributed by atoms with Crippen molar-refractivity contribution in [3.63, 3.8) is 0 Å². The van der Waals surface area contributed by atoms with Crippen LogP contribution in [-0.4, -0.2) is 10.9 Å². The number of hydrogen-bond donors (Lipinski definition) is 1. The molecule has 0 saturated heterocycles. The average molecular weight is 240 g/mol. The zero-order valence-electron chi connectivity index (χ0n) is 9.35. The molecule has 1 amide bonds. The van der Waals surface area contributed by atoms with Gasteiger partial charge in [0.1, 0.15) is 5.69 Å². The molecule has 4 heteroatoms. The first-order valence-corrected chi connectivity index (χ1v) is 5.19. The monoisotopic (exact) mass is 240 g/mol. The molecule has 18 heavy (non-hydrogen) atoms. The molecule has 0 saturated carbocycles. The highest BCUT2D eigenvalue weighted by Crippen LogP contribution is 2.11. The summed E-state index contributed by atoms with van der Waals surface area (Å²) in [5.74, 6) is 1.29. The van der Waals surface area contributed by atoms with Crippen molar-refractivity contribution in [2.45, 2.75) is 0 Å². The molecule has 1 aromatic heterocycles. The largest absolute Gasteiger partial charge is 0.321 e. The van der Waals surface area contributed by atoms with Crippen LogP contribution in [0, 0.1) is 18.3 Å². The molecule has 0 atom stereocenters. The third-order valence-electron chi connectivity index (χ3n) is 2.23. The first kappa shape index (κ1) is 11.8. The lowest BCUT2D eigenvalue weighted by Crippen LogP contribution is -2.14. The van der Waals surface area contributed by atoms with Gasteiger partial charge in [-0.1, -0.05) is 18.1 Å². The van der Waals surface area contributed by atoms with Crippen molar-refractivity contribution in [3.8, 4) is 12.3 Å². The number of nitrogens with zero attached hydrogens (tertiary/aromatic N) is 1. The number of nitrogens with one attached hydrogen (secondary N) is 1. The SMILES string of the molecule is C#Cc1cccc(NC(=O)c2cccc(F)n2)c1. The van der Waals surface area contributed by atoms with Crippen molar-refractivity contribution in [2.75, 3.05) is 5.32 Å². The molecule has 0 spiro atoms. The molecule has 0 radical (unpaired) electrons. The van der Waals surface area contributed by atoms with Gasteiger partial charge in [0.2, 0.25) is 5.95 Å². The van der Waals surface area contributed by atoms with Crippen molar-refractivity contribution in [2.24, 2.45) is 0 Å². The topological polar surface area (TPSA) is 42.0 Å². The Balaban J connectivity index is 2.19. The Morgan fingerprint density at radius 3 is 2.78 bits per heavy atom. The van der Waals surface area contributed by atoms with Crippen LogP contribution in [0.1, 0.15) is 16.1 Å². The van der Waals surface area contributed by atoms with Gasteiger partial charge >= 0.3 is 0 Å². The minimum atomic E-state index is -0.694. The molecule has 0 bridgehead atoms. The van der Waals surface area contributed by atoms with Gasteiger partial charge in [0.25, 0.3) is 5.91 Å². The number of pyridine rings is 1. The maximum atomic E-state index is 12.9. The van der Waals surface area contributed by atoms with Crippen LogP contribution in [0.5, 0.6) is 0 Å². The molecule has 0 aliphatic rings. The molecule has 3 nitrogen and oxygen atoms in total. The number of anilines is 1. The van der Waals surface area contributed by atoms with E-state index in [0.717, 1.165) is 0 Å². The molecule has 88 valence electrons. The maximum Gasteiger partial charge on any atom is 0.274 e. The second kappa shape index (κ2) is 5.11. The lowest BCUT2D eigenvalue weighted by Gasteiger charge is -2.04. The summed E-state index contributed by atoms with van der Waals surface area (Å²) in [5.41, 5.74) is 1.21. The van der Waals surface area contributed by atoms with Crippen LogP contribution in [0.25, 0.3) is 0 Å². The number of benzene rings is 1. The Morgan fingerprint density at radius 2 is 2.06 bits per heavy atom. The van der Waals surface area contributed by atoms with Crippen LogP contribution < -0.4 is 5.32 Å². The summed E-state index contributed by atoms with van der Waals surface area (Å²) in [6, 6.07) is 10.9. The summed E-state index contributed by atoms with van der Waals surface area (Å²) in [5, 5.41) is 2.60. The normalized spacial score (nSPS) is 9.56. The number of hydrogen-bond acceptors (Lipinski definition) is 2. The van der Waals surface area contributed by atoms with Gasteiger partial charge in [-0.15, -0.1) is 6.42 Å². The van der Waals surface area contributed by atoms with Crippen LogP contribution in [0.15, 0.2) is 42.5 Å². The van der Waals surface area contributed by atoms with E-state index < -0.39 is 11.9 Å². The Bertz CT molecular complexity index is 632. The van der Waals surface area contributed by atoms with Crippen LogP contribution in [0.3, 0.4) is 0 Å². The van der Waals surface area contributed by atoms with Crippen LogP contribution in [0.4, 0.5) is 10.1 Å². The Labute approximate surface area is 104 Å². The first-order chi connectivity index (χ1) is 8.69. The number of aromatic nitrogens is 1. The van der Waals surface area contributed by atoms with Gasteiger partial charge in [-0.3, -0.25) is 4.79 Å². The zero-order chi connectivity index (χ0) is 13.0. The molecule has 2 aromatic rings. The van der Waals surface area contributed by atoms with Crippen LogP contribution >= 0.6 is 0 Å². The number of carbonyl (C=O) groups is 1. The molecule has 0 fully saturated rings. The third kappa shape index (κ3) is 2.71. The van der Waals surface area contributed by atoms with E-state index in [0.29, 0.717) is 11.3 Å². The zero-order valence-corrected chi connectivity index (χ0v) is 9.35. The lowest BCUT2D eigenvalue weighted by molar-refractivity contribution is 0.102. The van der Waals surface area contributed by atoms with Crippen molar-refractivity contribution in [1.29, 1.82) is 0 Å². The first-order valence-electron chi connectivity index (χ1n) is 5.19. The van der Waals surface area contributed by atoms with E-state index in [1.54, 1.807) is 24.3 Å². The fourth-order valence-corrected chi connectivity index (χ4v) is 1.42. The molecule has 0 aliphatic heterocycles. The van der Waals surface area contributed by atoms with Crippen LogP contribution in [0.2, 0.25) is 0 Å². The summed E-state index contributed by atoms with van der Waals surface area (Å²) in [4.78, 5) is 15.3. The van der Waals surface area contributed by atoms with Gasteiger partial charge < -0.3 is 5.32 Å². The van der Waals surface area contributed by atoms with Crippen molar-refractivity contribution >= 4 is 11.6 Å². The summed E-state index contributed by atoms with van der Waals surface area (Å²) in [7, 11) is 0. The van der Waals surface area contributed by atoms with Crippen molar-refractivity contribution in [3.05, 3.63) is 59.7 Å². The van der Waals surface area contributed by atoms with Crippen molar-refractivity contribution < 1.29 is 9.18 Å². The van der Waals surface area contributed by atoms with E-state index in [2.05, 4.69) is 16.2 Å². The maximum absolute atomic E-state index is 12.9. The molecular formula is C14H9FN2O. The van der Waals surface area contributed by atoms with E-state index in [1.165, 1.54) is 18.2 Å². The third-order valence-corrected chi connectivity index (χ3v) is 2.23. The molecule has 0 aliphatic carbocycles. The van der Waals surface area contributed by atoms with E-state index in [4.69, 9.17) is 6.42 Å². The Kier molecular flexibility index (Phi) is 3.35. The standard InChI is InChI=1S/C14H9FN2O/c1-2-10-5-3-6-11(9-10)16-14(18)12-7-4-8-13(15)17-12/h1,3-9H,(H,16,18). The summed E-state index contributed by atoms with van der Waals surface area (Å²) in [6.45, 7) is 0. The molecule has 2 rings (SSSR count). The molecule has 1 aromatic carbocycles. The predicted octanol–water partition coefficient (Wildman–Crippen LogP) is 2.45. The van der Waals surface area contributed by atoms with Crippen LogP contribution in [-0.2, 0) is 0 Å². The Hall–Kier alpha value is -2.67. The second-order valence-corrected chi connectivity index (χ2v) is 3.52. The van der Waals surface area contributed by atoms with Gasteiger partial charge in [-0.25, -0.2) is 4.98 Å². The van der Waals surface area contributed by atoms with E-state index >= 15 is 0 Å². The highest BCUT2D eigenvalue weighted by atomic mass is 19.1. The van der Waals surface area contributed by atoms with E-state index in [1.807, 2.05) is 0 Å². The van der Waals surface area contributed by atoms with Gasteiger partial charge in [0.05, 0.1) is 0 Å². The average Bonchev–Trinajstić information content (AvgIpc) is 2.39. The van der Waals surface area contributed by atoms with E-state index in [9.17, 15) is 9.18 Å². The van der Waals surface area contributed by atoms with Gasteiger partial charge in [0, 0.05) is 11.3 Å². The fourth-order valence-electron chi connectivity index (χ4n) is 1.42. The summed E-state index contributed by atoms with van der Waals surface area (Å²) < 4.78 is 12.9. The molecule has 1 heterocycles. The van der Waals surface area contributed by atoms with Crippen molar-refractivity contribution in [1.82, 2.24) is 4.98 Å². The number of terminal acetylenes is 1. The van der Waals surface area contributed by atoms with Gasteiger partial charge in [0.15, 0.2) is 0 Å². The minimum Gasteiger partial charge on any atom is -0.321 e. The molecule has 1 N–H and O–H groups in total. The quantitative estimate of drug-likeness (QED) is 0.647. The summed E-state index contributed by atoms with van der Waals surface area (Å²) in [6.07, 6.45) is 5.26. The number of carbonyl (C=O) groups excluding carboxylic acids is 1. The smallest absolute Gasteiger partial charge is 0.274 e. The number of rotatable bonds is 2. The number of halogens is 1. The highest BCUT2D eigenvalue weighted by Gasteiger charge is 2.08. The number of amides is 1. The van der Waals surface area contributed by atoms with E-state index in [-0.39, 0.29) is 5.69 Å². The fraction of sp³-hybridized carbons (Fsp3) is 0. The molecule has 0 unspecified atom stereocenters. The predicted molar refractivity (Wildman–Crippen MR) is 66.5 cm³/mol. The minimum absolute atomic E-state index is 0.0149. The van der Waals surface area contributed by atoms with Gasteiger partial charge in [-0.2, -0.15) is 4.39 Å². The van der Waals surface area contributed by atoms with Gasteiger partial charge in [-0.05, 0) is 30.3 Å². The second-order valence-electron chi connectivity index (χ2n) is 3.52. The highest BCUT2D eigenvalue weighted by molar-refractivity contribution is 6.02. The summed E-state index contributed by atoms with van der Waals surface area (Å²) >= 11 is 0. The molecular weight excluding hydrogens is 231 g/mol.